The van der Waals surface area contributed by atoms with Crippen LogP contribution in [0.25, 0.3) is 10.9 Å². The van der Waals surface area contributed by atoms with E-state index in [1.807, 2.05) is 46.7 Å². The number of fused-ring (bicyclic) bond motifs is 1. The molecule has 0 aliphatic rings. The van der Waals surface area contributed by atoms with E-state index in [4.69, 9.17) is 21.7 Å². The summed E-state index contributed by atoms with van der Waals surface area (Å²) in [5.41, 5.74) is 2.42. The van der Waals surface area contributed by atoms with Gasteiger partial charge in [-0.25, -0.2) is 0 Å². The number of ether oxygens (including phenoxy) is 2. The van der Waals surface area contributed by atoms with Gasteiger partial charge in [-0.3, -0.25) is 4.79 Å². The van der Waals surface area contributed by atoms with Crippen LogP contribution in [0.5, 0.6) is 11.5 Å². The molecule has 0 amide bonds. The van der Waals surface area contributed by atoms with Gasteiger partial charge in [0.05, 0.1) is 32.8 Å². The van der Waals surface area contributed by atoms with Gasteiger partial charge in [0, 0.05) is 28.4 Å². The summed E-state index contributed by atoms with van der Waals surface area (Å²) in [5.74, 6) is 1.18. The molecule has 2 N–H and O–H groups in total. The summed E-state index contributed by atoms with van der Waals surface area (Å²) in [5, 5.41) is 6.90. The highest BCUT2D eigenvalue weighted by Gasteiger charge is 2.16. The maximum atomic E-state index is 12.9. The standard InChI is InChI=1S/C26H27N3O3S2/c1-31-23-14-19-13-20(25(30)28-22(19)15-24(23)32-2)16-29(17-21-9-6-12-34-21)26(33)27-11-10-18-7-4-3-5-8-18/h3-9,12-15H,10-11,16-17H2,1-2H3,(H,27,33)(H,28,30). The third-order valence-electron chi connectivity index (χ3n) is 5.53. The lowest BCUT2D eigenvalue weighted by molar-refractivity contribution is 0.355. The molecule has 0 aliphatic heterocycles. The summed E-state index contributed by atoms with van der Waals surface area (Å²) in [7, 11) is 3.17. The molecule has 0 spiro atoms. The fourth-order valence-electron chi connectivity index (χ4n) is 3.76. The van der Waals surface area contributed by atoms with E-state index < -0.39 is 0 Å². The minimum atomic E-state index is -0.150. The molecule has 2 aromatic carbocycles. The molecular weight excluding hydrogens is 466 g/mol. The highest BCUT2D eigenvalue weighted by atomic mass is 32.1. The Morgan fingerprint density at radius 3 is 2.50 bits per heavy atom. The number of aromatic amines is 1. The first kappa shape index (κ1) is 23.8. The maximum absolute atomic E-state index is 12.9. The van der Waals surface area contributed by atoms with Gasteiger partial charge in [-0.05, 0) is 47.8 Å². The number of thiocarbonyl (C=S) groups is 1. The van der Waals surface area contributed by atoms with Crippen LogP contribution in [0.15, 0.2) is 70.8 Å². The van der Waals surface area contributed by atoms with Crippen LogP contribution >= 0.6 is 23.6 Å². The Kier molecular flexibility index (Phi) is 7.82. The first-order valence-electron chi connectivity index (χ1n) is 10.9. The number of pyridine rings is 1. The lowest BCUT2D eigenvalue weighted by Crippen LogP contribution is -2.40. The molecular formula is C26H27N3O3S2. The zero-order valence-corrected chi connectivity index (χ0v) is 20.8. The summed E-state index contributed by atoms with van der Waals surface area (Å²) in [6.07, 6.45) is 0.867. The number of nitrogens with one attached hydrogen (secondary N) is 2. The highest BCUT2D eigenvalue weighted by molar-refractivity contribution is 7.80. The number of rotatable bonds is 9. The quantitative estimate of drug-likeness (QED) is 0.329. The van der Waals surface area contributed by atoms with Crippen LogP contribution in [0.4, 0.5) is 0 Å². The van der Waals surface area contributed by atoms with Gasteiger partial charge in [0.15, 0.2) is 16.6 Å². The monoisotopic (exact) mass is 493 g/mol. The van der Waals surface area contributed by atoms with Crippen molar-refractivity contribution in [3.8, 4) is 11.5 Å². The molecule has 0 saturated heterocycles. The molecule has 0 atom stereocenters. The number of nitrogens with zero attached hydrogens (tertiary/aromatic N) is 1. The fourth-order valence-corrected chi connectivity index (χ4v) is 4.71. The molecule has 0 bridgehead atoms. The zero-order valence-electron chi connectivity index (χ0n) is 19.2. The van der Waals surface area contributed by atoms with Crippen molar-refractivity contribution in [3.05, 3.63) is 92.4 Å². The van der Waals surface area contributed by atoms with Crippen LogP contribution in [-0.4, -0.2) is 35.8 Å². The Morgan fingerprint density at radius 2 is 1.79 bits per heavy atom. The normalized spacial score (nSPS) is 10.8. The average Bonchev–Trinajstić information content (AvgIpc) is 3.37. The van der Waals surface area contributed by atoms with Crippen LogP contribution in [0, 0.1) is 0 Å². The molecule has 34 heavy (non-hydrogen) atoms. The number of aromatic nitrogens is 1. The Labute approximate surface area is 208 Å². The molecule has 6 nitrogen and oxygen atoms in total. The van der Waals surface area contributed by atoms with Gasteiger partial charge in [-0.15, -0.1) is 11.3 Å². The van der Waals surface area contributed by atoms with Gasteiger partial charge >= 0.3 is 0 Å². The van der Waals surface area contributed by atoms with Crippen molar-refractivity contribution < 1.29 is 9.47 Å². The minimum Gasteiger partial charge on any atom is -0.493 e. The van der Waals surface area contributed by atoms with Crippen molar-refractivity contribution in [2.75, 3.05) is 20.8 Å². The van der Waals surface area contributed by atoms with E-state index in [0.29, 0.717) is 40.8 Å². The number of benzene rings is 2. The lowest BCUT2D eigenvalue weighted by Gasteiger charge is -2.25. The van der Waals surface area contributed by atoms with E-state index >= 15 is 0 Å². The summed E-state index contributed by atoms with van der Waals surface area (Å²) in [6.45, 7) is 1.72. The third kappa shape index (κ3) is 5.76. The topological polar surface area (TPSA) is 66.6 Å². The molecule has 0 unspecified atom stereocenters. The van der Waals surface area contributed by atoms with E-state index in [9.17, 15) is 4.79 Å². The van der Waals surface area contributed by atoms with Gasteiger partial charge in [-0.1, -0.05) is 36.4 Å². The average molecular weight is 494 g/mol. The van der Waals surface area contributed by atoms with Crippen molar-refractivity contribution in [2.24, 2.45) is 0 Å². The van der Waals surface area contributed by atoms with Gasteiger partial charge in [-0.2, -0.15) is 0 Å². The smallest absolute Gasteiger partial charge is 0.253 e. The predicted octanol–water partition coefficient (Wildman–Crippen LogP) is 4.73. The first-order chi connectivity index (χ1) is 16.6. The van der Waals surface area contributed by atoms with E-state index in [-0.39, 0.29) is 5.56 Å². The number of hydrogen-bond donors (Lipinski definition) is 2. The number of H-pyrrole nitrogens is 1. The molecule has 8 heteroatoms. The van der Waals surface area contributed by atoms with Crippen LogP contribution in [0.3, 0.4) is 0 Å². The summed E-state index contributed by atoms with van der Waals surface area (Å²) in [6, 6.07) is 19.9. The number of methoxy groups -OCH3 is 2. The predicted molar refractivity (Wildman–Crippen MR) is 142 cm³/mol. The van der Waals surface area contributed by atoms with Crippen LogP contribution in [0.1, 0.15) is 16.0 Å². The van der Waals surface area contributed by atoms with Crippen LogP contribution < -0.4 is 20.3 Å². The van der Waals surface area contributed by atoms with Gasteiger partial charge in [0.2, 0.25) is 0 Å². The second-order valence-corrected chi connectivity index (χ2v) is 9.24. The Bertz CT molecular complexity index is 1300. The molecule has 0 radical (unpaired) electrons. The van der Waals surface area contributed by atoms with Crippen molar-refractivity contribution in [2.45, 2.75) is 19.5 Å². The van der Waals surface area contributed by atoms with Gasteiger partial charge < -0.3 is 24.7 Å². The van der Waals surface area contributed by atoms with E-state index in [1.54, 1.807) is 31.6 Å². The van der Waals surface area contributed by atoms with Gasteiger partial charge in [0.1, 0.15) is 0 Å². The molecule has 2 heterocycles. The SMILES string of the molecule is COc1cc2cc(CN(Cc3cccs3)C(=S)NCCc3ccccc3)c(=O)[nH]c2cc1OC. The van der Waals surface area contributed by atoms with Crippen molar-refractivity contribution >= 4 is 39.6 Å². The van der Waals surface area contributed by atoms with E-state index in [1.165, 1.54) is 10.4 Å². The Morgan fingerprint density at radius 1 is 1.03 bits per heavy atom. The highest BCUT2D eigenvalue weighted by Crippen LogP contribution is 2.31. The molecule has 0 aliphatic carbocycles. The fraction of sp³-hybridized carbons (Fsp3) is 0.231. The third-order valence-corrected chi connectivity index (χ3v) is 6.80. The van der Waals surface area contributed by atoms with Gasteiger partial charge in [0.25, 0.3) is 5.56 Å². The molecule has 2 aromatic heterocycles. The molecule has 0 fully saturated rings. The molecule has 176 valence electrons. The largest absolute Gasteiger partial charge is 0.493 e. The summed E-state index contributed by atoms with van der Waals surface area (Å²) >= 11 is 7.42. The first-order valence-corrected chi connectivity index (χ1v) is 12.2. The van der Waals surface area contributed by atoms with Crippen LogP contribution in [0.2, 0.25) is 0 Å². The number of thiophene rings is 1. The van der Waals surface area contributed by atoms with E-state index in [0.717, 1.165) is 18.4 Å². The second-order valence-electron chi connectivity index (χ2n) is 7.82. The van der Waals surface area contributed by atoms with Crippen molar-refractivity contribution in [1.29, 1.82) is 0 Å². The summed E-state index contributed by atoms with van der Waals surface area (Å²) in [4.78, 5) is 19.1. The summed E-state index contributed by atoms with van der Waals surface area (Å²) < 4.78 is 10.8. The number of hydrogen-bond acceptors (Lipinski definition) is 5. The lowest BCUT2D eigenvalue weighted by atomic mass is 10.1. The molecule has 4 aromatic rings. The molecule has 0 saturated carbocycles. The molecule has 4 rings (SSSR count). The van der Waals surface area contributed by atoms with Crippen LogP contribution in [-0.2, 0) is 19.5 Å². The van der Waals surface area contributed by atoms with E-state index in [2.05, 4.69) is 28.5 Å². The minimum absolute atomic E-state index is 0.150. The van der Waals surface area contributed by atoms with Crippen molar-refractivity contribution in [3.63, 3.8) is 0 Å². The zero-order chi connectivity index (χ0) is 23.9. The Hall–Kier alpha value is -3.36. The van der Waals surface area contributed by atoms with Crippen molar-refractivity contribution in [1.82, 2.24) is 15.2 Å². The maximum Gasteiger partial charge on any atom is 0.253 e. The Balaban J connectivity index is 1.55. The second kappa shape index (κ2) is 11.2.